The number of phosphoric acid groups is 1. The lowest BCUT2D eigenvalue weighted by atomic mass is 9.74. The number of piperidine rings is 1. The Morgan fingerprint density at radius 1 is 0.970 bits per heavy atom. The molecule has 4 N–H and O–H groups in total. The number of hydrogen-bond donors (Lipinski definition) is 4. The number of aliphatic hydroxyl groups is 1. The highest BCUT2D eigenvalue weighted by Gasteiger charge is 2.37. The van der Waals surface area contributed by atoms with Crippen LogP contribution in [0.25, 0.3) is 0 Å². The summed E-state index contributed by atoms with van der Waals surface area (Å²) in [7, 11) is -4.64. The van der Waals surface area contributed by atoms with Crippen LogP contribution in [0.2, 0.25) is 0 Å². The quantitative estimate of drug-likeness (QED) is 0.283. The van der Waals surface area contributed by atoms with Gasteiger partial charge in [-0.25, -0.2) is 4.57 Å². The molecular formula is C20H26F6NO5P. The van der Waals surface area contributed by atoms with Crippen molar-refractivity contribution in [1.29, 1.82) is 0 Å². The molecule has 1 aliphatic rings. The molecule has 188 valence electrons. The summed E-state index contributed by atoms with van der Waals surface area (Å²) in [5.41, 5.74) is -3.21. The van der Waals surface area contributed by atoms with E-state index >= 15 is 0 Å². The van der Waals surface area contributed by atoms with Gasteiger partial charge < -0.3 is 19.8 Å². The van der Waals surface area contributed by atoms with Gasteiger partial charge in [0, 0.05) is 12.2 Å². The number of alkyl halides is 6. The van der Waals surface area contributed by atoms with Crippen LogP contribution in [0.1, 0.15) is 43.4 Å². The van der Waals surface area contributed by atoms with Crippen LogP contribution >= 0.6 is 7.82 Å². The maximum atomic E-state index is 12.9. The molecule has 1 saturated heterocycles. The fourth-order valence-electron chi connectivity index (χ4n) is 3.28. The maximum absolute atomic E-state index is 12.9. The minimum absolute atomic E-state index is 0.0918. The molecule has 6 nitrogen and oxygen atoms in total. The van der Waals surface area contributed by atoms with Crippen LogP contribution in [-0.4, -0.2) is 50.9 Å². The van der Waals surface area contributed by atoms with Gasteiger partial charge in [-0.05, 0) is 55.5 Å². The van der Waals surface area contributed by atoms with Gasteiger partial charge in [-0.2, -0.15) is 26.3 Å². The fraction of sp³-hybridized carbons (Fsp3) is 0.600. The first-order valence-corrected chi connectivity index (χ1v) is 11.3. The predicted molar refractivity (Wildman–Crippen MR) is 108 cm³/mol. The van der Waals surface area contributed by atoms with Gasteiger partial charge in [0.05, 0.1) is 17.7 Å². The molecule has 1 aromatic carbocycles. The van der Waals surface area contributed by atoms with Crippen molar-refractivity contribution >= 4 is 7.82 Å². The van der Waals surface area contributed by atoms with Gasteiger partial charge in [-0.15, -0.1) is 0 Å². The summed E-state index contributed by atoms with van der Waals surface area (Å²) in [5.74, 6) is 5.49. The van der Waals surface area contributed by atoms with Crippen LogP contribution < -0.4 is 0 Å². The van der Waals surface area contributed by atoms with Gasteiger partial charge >= 0.3 is 20.2 Å². The van der Waals surface area contributed by atoms with E-state index in [4.69, 9.17) is 19.2 Å². The second-order valence-corrected chi connectivity index (χ2v) is 9.33. The van der Waals surface area contributed by atoms with Crippen molar-refractivity contribution in [1.82, 2.24) is 4.90 Å². The molecule has 0 unspecified atom stereocenters. The Kier molecular flexibility index (Phi) is 9.99. The van der Waals surface area contributed by atoms with Gasteiger partial charge in [0.15, 0.2) is 0 Å². The Morgan fingerprint density at radius 2 is 1.39 bits per heavy atom. The number of halogens is 6. The molecule has 0 spiro atoms. The van der Waals surface area contributed by atoms with Crippen LogP contribution in [0.3, 0.4) is 0 Å². The van der Waals surface area contributed by atoms with Crippen LogP contribution in [0, 0.1) is 23.2 Å². The molecule has 0 saturated carbocycles. The normalized spacial score (nSPS) is 16.5. The second-order valence-electron chi connectivity index (χ2n) is 8.31. The molecule has 0 aliphatic carbocycles. The van der Waals surface area contributed by atoms with Crippen LogP contribution in [-0.2, 0) is 16.9 Å². The zero-order valence-electron chi connectivity index (χ0n) is 17.9. The summed E-state index contributed by atoms with van der Waals surface area (Å²) >= 11 is 0. The largest absolute Gasteiger partial charge is 0.466 e. The lowest BCUT2D eigenvalue weighted by Crippen LogP contribution is -2.40. The third-order valence-corrected chi connectivity index (χ3v) is 5.22. The first kappa shape index (κ1) is 29.4. The molecule has 1 aliphatic heterocycles. The molecule has 2 rings (SSSR count). The first-order chi connectivity index (χ1) is 14.8. The molecule has 1 aromatic rings. The molecule has 0 aromatic heterocycles. The predicted octanol–water partition coefficient (Wildman–Crippen LogP) is 3.88. The van der Waals surface area contributed by atoms with Crippen molar-refractivity contribution in [3.63, 3.8) is 0 Å². The number of rotatable bonds is 3. The van der Waals surface area contributed by atoms with Gasteiger partial charge in [0.25, 0.3) is 0 Å². The monoisotopic (exact) mass is 505 g/mol. The summed E-state index contributed by atoms with van der Waals surface area (Å²) in [6, 6.07) is 1.37. The Labute approximate surface area is 187 Å². The first-order valence-electron chi connectivity index (χ1n) is 9.73. The highest BCUT2D eigenvalue weighted by molar-refractivity contribution is 7.45. The Hall–Kier alpha value is -1.61. The Morgan fingerprint density at radius 3 is 1.76 bits per heavy atom. The molecule has 33 heavy (non-hydrogen) atoms. The van der Waals surface area contributed by atoms with E-state index in [2.05, 4.69) is 11.8 Å². The van der Waals surface area contributed by atoms with Crippen LogP contribution in [0.15, 0.2) is 18.2 Å². The molecular weight excluding hydrogens is 479 g/mol. The average Bonchev–Trinajstić information content (AvgIpc) is 2.65. The highest BCUT2D eigenvalue weighted by atomic mass is 31.2. The van der Waals surface area contributed by atoms with Crippen molar-refractivity contribution in [3.05, 3.63) is 34.9 Å². The fourth-order valence-corrected chi connectivity index (χ4v) is 3.28. The van der Waals surface area contributed by atoms with E-state index < -0.39 is 31.3 Å². The lowest BCUT2D eigenvalue weighted by Gasteiger charge is -2.39. The van der Waals surface area contributed by atoms with E-state index in [0.29, 0.717) is 18.1 Å². The summed E-state index contributed by atoms with van der Waals surface area (Å²) in [5, 5.41) is 9.44. The zero-order valence-corrected chi connectivity index (χ0v) is 18.8. The SMILES string of the molecule is CC(C)(CO)C1CCN(CC#Cc2cc(C(F)(F)F)cc(C(F)(F)F)c2)CC1.O=P(O)(O)O. The van der Waals surface area contributed by atoms with E-state index in [1.807, 2.05) is 18.7 Å². The minimum Gasteiger partial charge on any atom is -0.396 e. The van der Waals surface area contributed by atoms with Crippen molar-refractivity contribution < 1.29 is 50.7 Å². The Bertz CT molecular complexity index is 852. The molecule has 1 fully saturated rings. The zero-order chi connectivity index (χ0) is 25.7. The van der Waals surface area contributed by atoms with Crippen molar-refractivity contribution in [2.24, 2.45) is 11.3 Å². The molecule has 0 amide bonds. The van der Waals surface area contributed by atoms with Crippen molar-refractivity contribution in [3.8, 4) is 11.8 Å². The van der Waals surface area contributed by atoms with E-state index in [0.717, 1.165) is 25.9 Å². The van der Waals surface area contributed by atoms with Crippen molar-refractivity contribution in [2.75, 3.05) is 26.2 Å². The van der Waals surface area contributed by atoms with Gasteiger partial charge in [-0.1, -0.05) is 25.7 Å². The molecule has 13 heteroatoms. The summed E-state index contributed by atoms with van der Waals surface area (Å²) in [6.07, 6.45) is -8.04. The maximum Gasteiger partial charge on any atom is 0.466 e. The average molecular weight is 505 g/mol. The van der Waals surface area contributed by atoms with Gasteiger partial charge in [-0.3, -0.25) is 4.90 Å². The van der Waals surface area contributed by atoms with Gasteiger partial charge in [0.1, 0.15) is 0 Å². The molecule has 1 heterocycles. The number of benzene rings is 1. The van der Waals surface area contributed by atoms with Gasteiger partial charge in [0.2, 0.25) is 0 Å². The summed E-state index contributed by atoms with van der Waals surface area (Å²) in [6.45, 7) is 5.80. The summed E-state index contributed by atoms with van der Waals surface area (Å²) in [4.78, 5) is 23.6. The third-order valence-electron chi connectivity index (χ3n) is 5.22. The topological polar surface area (TPSA) is 101 Å². The van der Waals surface area contributed by atoms with Crippen LogP contribution in [0.4, 0.5) is 26.3 Å². The number of hydrogen-bond acceptors (Lipinski definition) is 3. The van der Waals surface area contributed by atoms with E-state index in [-0.39, 0.29) is 30.2 Å². The molecule has 0 atom stereocenters. The number of nitrogens with zero attached hydrogens (tertiary/aromatic N) is 1. The van der Waals surface area contributed by atoms with E-state index in [1.54, 1.807) is 0 Å². The second kappa shape index (κ2) is 11.2. The number of likely N-dealkylation sites (tertiary alicyclic amines) is 1. The van der Waals surface area contributed by atoms with Crippen molar-refractivity contribution in [2.45, 2.75) is 39.0 Å². The summed E-state index contributed by atoms with van der Waals surface area (Å²) < 4.78 is 86.1. The molecule has 0 bridgehead atoms. The van der Waals surface area contributed by atoms with E-state index in [1.165, 1.54) is 0 Å². The highest BCUT2D eigenvalue weighted by Crippen LogP contribution is 2.36. The van der Waals surface area contributed by atoms with Crippen LogP contribution in [0.5, 0.6) is 0 Å². The van der Waals surface area contributed by atoms with E-state index in [9.17, 15) is 31.4 Å². The molecule has 0 radical (unpaired) electrons. The number of aliphatic hydroxyl groups excluding tert-OH is 1. The Balaban J connectivity index is 0.000000981. The standard InChI is InChI=1S/C20H23F6NO.H3O4P/c1-18(2,13-28)15-5-8-27(9-6-15)7-3-4-14-10-16(19(21,22)23)12-17(11-14)20(24,25)26;1-5(2,3)4/h10-12,15,28H,5-9,13H2,1-2H3;(H3,1,2,3,4). The third kappa shape index (κ3) is 10.9. The minimum atomic E-state index is -4.88. The lowest BCUT2D eigenvalue weighted by molar-refractivity contribution is -0.143. The smallest absolute Gasteiger partial charge is 0.396 e.